The topological polar surface area (TPSA) is 49.4 Å². The van der Waals surface area contributed by atoms with Crippen molar-refractivity contribution in [1.82, 2.24) is 10.2 Å². The average molecular weight is 226 g/mol. The lowest BCUT2D eigenvalue weighted by molar-refractivity contribution is -0.129. The van der Waals surface area contributed by atoms with Crippen LogP contribution in [0.3, 0.4) is 0 Å². The molecule has 1 amide bonds. The first-order chi connectivity index (χ1) is 7.56. The van der Waals surface area contributed by atoms with E-state index in [1.165, 1.54) is 0 Å². The number of likely N-dealkylation sites (tertiary alicyclic amines) is 1. The van der Waals surface area contributed by atoms with Gasteiger partial charge in [0, 0.05) is 6.04 Å². The highest BCUT2D eigenvalue weighted by molar-refractivity contribution is 5.82. The predicted molar refractivity (Wildman–Crippen MR) is 63.1 cm³/mol. The molecule has 0 aromatic carbocycles. The maximum Gasteiger partial charge on any atom is 0.237 e. The van der Waals surface area contributed by atoms with Crippen molar-refractivity contribution in [3.63, 3.8) is 0 Å². The monoisotopic (exact) mass is 226 g/mol. The molecule has 1 fully saturated rings. The van der Waals surface area contributed by atoms with Gasteiger partial charge in [-0.1, -0.05) is 6.42 Å². The van der Waals surface area contributed by atoms with Crippen molar-refractivity contribution in [3.05, 3.63) is 0 Å². The molecule has 0 aliphatic carbocycles. The van der Waals surface area contributed by atoms with Gasteiger partial charge >= 0.3 is 0 Å². The Labute approximate surface area is 97.4 Å². The molecule has 4 nitrogen and oxygen atoms in total. The van der Waals surface area contributed by atoms with Gasteiger partial charge in [-0.2, -0.15) is 0 Å². The number of amides is 1. The molecule has 0 aromatic heterocycles. The summed E-state index contributed by atoms with van der Waals surface area (Å²) in [7, 11) is 0. The van der Waals surface area contributed by atoms with Crippen molar-refractivity contribution in [2.45, 2.75) is 58.2 Å². The van der Waals surface area contributed by atoms with E-state index in [2.05, 4.69) is 5.32 Å². The van der Waals surface area contributed by atoms with Gasteiger partial charge in [-0.25, -0.2) is 0 Å². The van der Waals surface area contributed by atoms with Crippen molar-refractivity contribution in [3.8, 4) is 0 Å². The summed E-state index contributed by atoms with van der Waals surface area (Å²) in [5, 5.41) is 2.89. The van der Waals surface area contributed by atoms with Crippen molar-refractivity contribution in [2.75, 3.05) is 6.54 Å². The highest BCUT2D eigenvalue weighted by Crippen LogP contribution is 2.18. The van der Waals surface area contributed by atoms with Crippen molar-refractivity contribution in [1.29, 1.82) is 0 Å². The highest BCUT2D eigenvalue weighted by atomic mass is 16.2. The van der Waals surface area contributed by atoms with Crippen LogP contribution in [0.2, 0.25) is 0 Å². The molecular formula is C12H22N2O2. The van der Waals surface area contributed by atoms with E-state index in [4.69, 9.17) is 0 Å². The summed E-state index contributed by atoms with van der Waals surface area (Å²) in [5.41, 5.74) is 0. The number of piperidine rings is 1. The quantitative estimate of drug-likeness (QED) is 0.726. The zero-order valence-corrected chi connectivity index (χ0v) is 10.4. The van der Waals surface area contributed by atoms with Crippen molar-refractivity contribution >= 4 is 12.2 Å². The molecule has 2 atom stereocenters. The minimum Gasteiger partial charge on any atom is -0.353 e. The third kappa shape index (κ3) is 3.30. The summed E-state index contributed by atoms with van der Waals surface area (Å²) >= 11 is 0. The Morgan fingerprint density at radius 3 is 2.62 bits per heavy atom. The molecule has 4 heteroatoms. The van der Waals surface area contributed by atoms with E-state index in [1.807, 2.05) is 25.7 Å². The van der Waals surface area contributed by atoms with Crippen molar-refractivity contribution < 1.29 is 9.59 Å². The second-order valence-electron chi connectivity index (χ2n) is 4.78. The number of aldehydes is 1. The summed E-state index contributed by atoms with van der Waals surface area (Å²) in [5.74, 6) is 0.0174. The molecule has 1 N–H and O–H groups in total. The van der Waals surface area contributed by atoms with E-state index in [0.717, 1.165) is 32.1 Å². The summed E-state index contributed by atoms with van der Waals surface area (Å²) < 4.78 is 0. The first-order valence-corrected chi connectivity index (χ1v) is 6.07. The molecule has 0 spiro atoms. The molecule has 2 unspecified atom stereocenters. The Balaban J connectivity index is 2.59. The number of rotatable bonds is 4. The number of carbonyl (C=O) groups is 2. The lowest BCUT2D eigenvalue weighted by Gasteiger charge is -2.36. The highest BCUT2D eigenvalue weighted by Gasteiger charge is 2.29. The Morgan fingerprint density at radius 2 is 2.06 bits per heavy atom. The Kier molecular flexibility index (Phi) is 4.93. The number of hydrogen-bond acceptors (Lipinski definition) is 3. The van der Waals surface area contributed by atoms with Gasteiger partial charge in [0.15, 0.2) is 0 Å². The molecule has 1 aliphatic heterocycles. The maximum absolute atomic E-state index is 11.8. The number of nitrogens with zero attached hydrogens (tertiary/aromatic N) is 1. The van der Waals surface area contributed by atoms with Crippen LogP contribution in [0.4, 0.5) is 0 Å². The second-order valence-corrected chi connectivity index (χ2v) is 4.78. The Morgan fingerprint density at radius 1 is 1.38 bits per heavy atom. The molecule has 16 heavy (non-hydrogen) atoms. The first kappa shape index (κ1) is 13.2. The smallest absolute Gasteiger partial charge is 0.237 e. The average Bonchev–Trinajstić information content (AvgIpc) is 2.27. The van der Waals surface area contributed by atoms with Crippen LogP contribution < -0.4 is 5.32 Å². The lowest BCUT2D eigenvalue weighted by Crippen LogP contribution is -2.53. The van der Waals surface area contributed by atoms with E-state index in [0.29, 0.717) is 0 Å². The van der Waals surface area contributed by atoms with Gasteiger partial charge in [-0.3, -0.25) is 9.69 Å². The molecule has 0 radical (unpaired) electrons. The fourth-order valence-corrected chi connectivity index (χ4v) is 2.16. The number of hydrogen-bond donors (Lipinski definition) is 1. The number of carbonyl (C=O) groups excluding carboxylic acids is 2. The van der Waals surface area contributed by atoms with Crippen LogP contribution in [0.15, 0.2) is 0 Å². The maximum atomic E-state index is 11.8. The Bertz CT molecular complexity index is 253. The van der Waals surface area contributed by atoms with E-state index < -0.39 is 0 Å². The van der Waals surface area contributed by atoms with Gasteiger partial charge in [0.05, 0.1) is 12.1 Å². The molecule has 0 aromatic rings. The number of nitrogens with one attached hydrogen (secondary N) is 1. The van der Waals surface area contributed by atoms with Gasteiger partial charge in [0.2, 0.25) is 5.91 Å². The zero-order valence-electron chi connectivity index (χ0n) is 10.4. The molecule has 0 saturated carbocycles. The summed E-state index contributed by atoms with van der Waals surface area (Å²) in [6, 6.07) is -0.144. The molecule has 1 saturated heterocycles. The van der Waals surface area contributed by atoms with Gasteiger partial charge in [-0.05, 0) is 40.2 Å². The normalized spacial score (nSPS) is 24.1. The fourth-order valence-electron chi connectivity index (χ4n) is 2.16. The lowest BCUT2D eigenvalue weighted by atomic mass is 10.0. The zero-order chi connectivity index (χ0) is 12.1. The second kappa shape index (κ2) is 5.99. The molecule has 1 aliphatic rings. The Hall–Kier alpha value is -0.900. The molecular weight excluding hydrogens is 204 g/mol. The van der Waals surface area contributed by atoms with Crippen LogP contribution in [-0.2, 0) is 9.59 Å². The minimum atomic E-state index is -0.210. The first-order valence-electron chi connectivity index (χ1n) is 6.07. The van der Waals surface area contributed by atoms with E-state index >= 15 is 0 Å². The molecule has 0 bridgehead atoms. The fraction of sp³-hybridized carbons (Fsp3) is 0.833. The standard InChI is InChI=1S/C12H22N2O2/c1-9(2)13-12(16)10(3)14-7-5-4-6-11(14)8-15/h8-11H,4-7H2,1-3H3,(H,13,16). The van der Waals surface area contributed by atoms with Gasteiger partial charge < -0.3 is 10.1 Å². The van der Waals surface area contributed by atoms with Gasteiger partial charge in [0.25, 0.3) is 0 Å². The predicted octanol–water partition coefficient (Wildman–Crippen LogP) is 0.953. The van der Waals surface area contributed by atoms with Gasteiger partial charge in [-0.15, -0.1) is 0 Å². The summed E-state index contributed by atoms with van der Waals surface area (Å²) in [4.78, 5) is 24.8. The molecule has 92 valence electrons. The van der Waals surface area contributed by atoms with Crippen molar-refractivity contribution in [2.24, 2.45) is 0 Å². The van der Waals surface area contributed by atoms with Gasteiger partial charge in [0.1, 0.15) is 6.29 Å². The largest absolute Gasteiger partial charge is 0.353 e. The van der Waals surface area contributed by atoms with Crippen LogP contribution in [0.25, 0.3) is 0 Å². The van der Waals surface area contributed by atoms with E-state index in [-0.39, 0.29) is 24.0 Å². The van der Waals surface area contributed by atoms with Crippen LogP contribution in [0.5, 0.6) is 0 Å². The van der Waals surface area contributed by atoms with Crippen LogP contribution in [0.1, 0.15) is 40.0 Å². The molecule has 1 heterocycles. The minimum absolute atomic E-state index is 0.0174. The third-order valence-electron chi connectivity index (χ3n) is 3.06. The molecule has 1 rings (SSSR count). The van der Waals surface area contributed by atoms with Crippen LogP contribution >= 0.6 is 0 Å². The summed E-state index contributed by atoms with van der Waals surface area (Å²) in [6.45, 7) is 6.60. The van der Waals surface area contributed by atoms with E-state index in [9.17, 15) is 9.59 Å². The van der Waals surface area contributed by atoms with E-state index in [1.54, 1.807) is 0 Å². The van der Waals surface area contributed by atoms with Crippen LogP contribution in [0, 0.1) is 0 Å². The van der Waals surface area contributed by atoms with Crippen LogP contribution in [-0.4, -0.2) is 41.8 Å². The summed E-state index contributed by atoms with van der Waals surface area (Å²) in [6.07, 6.45) is 4.00. The third-order valence-corrected chi connectivity index (χ3v) is 3.06. The SMILES string of the molecule is CC(C)NC(=O)C(C)N1CCCCC1C=O.